The van der Waals surface area contributed by atoms with E-state index in [9.17, 15) is 9.90 Å². The van der Waals surface area contributed by atoms with E-state index in [4.69, 9.17) is 4.52 Å². The third-order valence-electron chi connectivity index (χ3n) is 3.24. The van der Waals surface area contributed by atoms with Crippen LogP contribution in [0, 0.1) is 6.92 Å². The minimum absolute atomic E-state index is 0.161. The third-order valence-corrected chi connectivity index (χ3v) is 4.13. The van der Waals surface area contributed by atoms with Crippen molar-refractivity contribution in [3.8, 4) is 11.4 Å². The van der Waals surface area contributed by atoms with E-state index in [2.05, 4.69) is 10.1 Å². The Hall–Kier alpha value is -2.60. The first-order chi connectivity index (χ1) is 11.1. The molecule has 1 heterocycles. The van der Waals surface area contributed by atoms with Gasteiger partial charge in [-0.1, -0.05) is 64.9 Å². The highest BCUT2D eigenvalue weighted by Crippen LogP contribution is 2.24. The zero-order valence-electron chi connectivity index (χ0n) is 12.4. The summed E-state index contributed by atoms with van der Waals surface area (Å²) in [5.41, 5.74) is 3.07. The molecule has 0 bridgehead atoms. The SMILES string of the molecule is Cc1ccc(-c2noc(SCc3cccc(C(=O)[O-])c3)n2)cc1. The first-order valence-electron chi connectivity index (χ1n) is 6.95. The molecule has 0 saturated heterocycles. The molecule has 0 aliphatic heterocycles. The first-order valence-corrected chi connectivity index (χ1v) is 7.94. The molecule has 0 atom stereocenters. The van der Waals surface area contributed by atoms with Gasteiger partial charge in [-0.25, -0.2) is 0 Å². The number of carboxylic acids is 1. The molecule has 0 fully saturated rings. The largest absolute Gasteiger partial charge is 0.545 e. The van der Waals surface area contributed by atoms with Crippen molar-refractivity contribution in [3.63, 3.8) is 0 Å². The Morgan fingerprint density at radius 2 is 2.00 bits per heavy atom. The number of aromatic carboxylic acids is 1. The normalized spacial score (nSPS) is 10.7. The average molecular weight is 325 g/mol. The number of hydrogen-bond acceptors (Lipinski definition) is 6. The Morgan fingerprint density at radius 3 is 2.74 bits per heavy atom. The maximum atomic E-state index is 10.9. The highest BCUT2D eigenvalue weighted by molar-refractivity contribution is 7.98. The molecule has 116 valence electrons. The molecule has 1 aromatic heterocycles. The van der Waals surface area contributed by atoms with Gasteiger partial charge in [0.05, 0.1) is 5.97 Å². The average Bonchev–Trinajstić information content (AvgIpc) is 3.03. The van der Waals surface area contributed by atoms with Gasteiger partial charge in [0.15, 0.2) is 0 Å². The number of rotatable bonds is 5. The molecule has 3 aromatic rings. The summed E-state index contributed by atoms with van der Waals surface area (Å²) in [5.74, 6) is -0.108. The van der Waals surface area contributed by atoms with Gasteiger partial charge in [0.1, 0.15) is 0 Å². The van der Waals surface area contributed by atoms with Crippen LogP contribution in [0.15, 0.2) is 58.3 Å². The van der Waals surface area contributed by atoms with Gasteiger partial charge in [0, 0.05) is 11.3 Å². The van der Waals surface area contributed by atoms with E-state index >= 15 is 0 Å². The Kier molecular flexibility index (Phi) is 4.43. The van der Waals surface area contributed by atoms with E-state index in [0.717, 1.165) is 11.1 Å². The molecule has 2 aromatic carbocycles. The van der Waals surface area contributed by atoms with Crippen molar-refractivity contribution in [1.82, 2.24) is 10.1 Å². The molecule has 6 heteroatoms. The van der Waals surface area contributed by atoms with Crippen LogP contribution in [0.1, 0.15) is 21.5 Å². The van der Waals surface area contributed by atoms with Crippen LogP contribution in [-0.2, 0) is 5.75 Å². The van der Waals surface area contributed by atoms with Crippen molar-refractivity contribution in [2.24, 2.45) is 0 Å². The highest BCUT2D eigenvalue weighted by Gasteiger charge is 2.09. The fourth-order valence-corrected chi connectivity index (χ4v) is 2.73. The number of carboxylic acid groups (broad SMARTS) is 1. The first kappa shape index (κ1) is 15.3. The van der Waals surface area contributed by atoms with Gasteiger partial charge >= 0.3 is 0 Å². The number of nitrogens with zero attached hydrogens (tertiary/aromatic N) is 2. The number of hydrogen-bond donors (Lipinski definition) is 0. The molecule has 5 nitrogen and oxygen atoms in total. The Balaban J connectivity index is 1.69. The summed E-state index contributed by atoms with van der Waals surface area (Å²) in [6, 6.07) is 14.5. The van der Waals surface area contributed by atoms with Crippen LogP contribution in [0.4, 0.5) is 0 Å². The molecule has 0 amide bonds. The lowest BCUT2D eigenvalue weighted by atomic mass is 10.1. The summed E-state index contributed by atoms with van der Waals surface area (Å²) in [6.45, 7) is 2.02. The van der Waals surface area contributed by atoms with E-state index in [-0.39, 0.29) is 5.56 Å². The van der Waals surface area contributed by atoms with Crippen molar-refractivity contribution in [1.29, 1.82) is 0 Å². The fraction of sp³-hybridized carbons (Fsp3) is 0.118. The quantitative estimate of drug-likeness (QED) is 0.671. The molecular formula is C17H13N2O3S-. The topological polar surface area (TPSA) is 79.0 Å². The second-order valence-electron chi connectivity index (χ2n) is 5.03. The van der Waals surface area contributed by atoms with E-state index in [1.54, 1.807) is 12.1 Å². The zero-order valence-corrected chi connectivity index (χ0v) is 13.2. The zero-order chi connectivity index (χ0) is 16.2. The molecule has 0 spiro atoms. The number of thioether (sulfide) groups is 1. The van der Waals surface area contributed by atoms with Gasteiger partial charge in [0.2, 0.25) is 5.82 Å². The molecule has 3 rings (SSSR count). The number of aromatic nitrogens is 2. The minimum Gasteiger partial charge on any atom is -0.545 e. The Morgan fingerprint density at radius 1 is 1.22 bits per heavy atom. The highest BCUT2D eigenvalue weighted by atomic mass is 32.2. The van der Waals surface area contributed by atoms with Crippen LogP contribution in [0.5, 0.6) is 0 Å². The van der Waals surface area contributed by atoms with Crippen molar-refractivity contribution in [3.05, 3.63) is 65.2 Å². The van der Waals surface area contributed by atoms with Crippen LogP contribution in [0.25, 0.3) is 11.4 Å². The number of aryl methyl sites for hydroxylation is 1. The summed E-state index contributed by atoms with van der Waals surface area (Å²) >= 11 is 1.36. The number of benzene rings is 2. The van der Waals surface area contributed by atoms with E-state index in [0.29, 0.717) is 16.8 Å². The summed E-state index contributed by atoms with van der Waals surface area (Å²) in [6.07, 6.45) is 0. The van der Waals surface area contributed by atoms with Gasteiger partial charge < -0.3 is 14.4 Å². The van der Waals surface area contributed by atoms with Crippen molar-refractivity contribution in [2.45, 2.75) is 17.9 Å². The molecule has 0 aliphatic rings. The summed E-state index contributed by atoms with van der Waals surface area (Å²) < 4.78 is 5.22. The molecule has 0 aliphatic carbocycles. The van der Waals surface area contributed by atoms with Crippen LogP contribution in [-0.4, -0.2) is 16.1 Å². The molecule has 23 heavy (non-hydrogen) atoms. The standard InChI is InChI=1S/C17H14N2O3S/c1-11-5-7-13(8-6-11)15-18-17(22-19-15)23-10-12-3-2-4-14(9-12)16(20)21/h2-9H,10H2,1H3,(H,20,21)/p-1. The minimum atomic E-state index is -1.18. The Labute approximate surface area is 137 Å². The van der Waals surface area contributed by atoms with Gasteiger partial charge in [-0.3, -0.25) is 0 Å². The predicted octanol–water partition coefficient (Wildman–Crippen LogP) is 2.70. The van der Waals surface area contributed by atoms with Crippen LogP contribution in [0.2, 0.25) is 0 Å². The molecule has 0 N–H and O–H groups in total. The van der Waals surface area contributed by atoms with Gasteiger partial charge in [-0.05, 0) is 24.1 Å². The van der Waals surface area contributed by atoms with Gasteiger partial charge in [0.25, 0.3) is 5.22 Å². The van der Waals surface area contributed by atoms with Crippen LogP contribution < -0.4 is 5.11 Å². The summed E-state index contributed by atoms with van der Waals surface area (Å²) in [5, 5.41) is 15.3. The second kappa shape index (κ2) is 6.66. The van der Waals surface area contributed by atoms with Crippen molar-refractivity contribution in [2.75, 3.05) is 0 Å². The van der Waals surface area contributed by atoms with Crippen molar-refractivity contribution >= 4 is 17.7 Å². The van der Waals surface area contributed by atoms with Crippen molar-refractivity contribution < 1.29 is 14.4 Å². The van der Waals surface area contributed by atoms with E-state index in [1.165, 1.54) is 23.4 Å². The second-order valence-corrected chi connectivity index (χ2v) is 5.95. The van der Waals surface area contributed by atoms with E-state index < -0.39 is 5.97 Å². The molecular weight excluding hydrogens is 312 g/mol. The fourth-order valence-electron chi connectivity index (χ4n) is 2.02. The van der Waals surface area contributed by atoms with Gasteiger partial charge in [-0.2, -0.15) is 4.98 Å². The third kappa shape index (κ3) is 3.78. The lowest BCUT2D eigenvalue weighted by Gasteiger charge is -2.04. The molecule has 0 radical (unpaired) electrons. The molecule has 0 saturated carbocycles. The maximum absolute atomic E-state index is 10.9. The van der Waals surface area contributed by atoms with Gasteiger partial charge in [-0.15, -0.1) is 0 Å². The Bertz CT molecular complexity index is 828. The number of carbonyl (C=O) groups excluding carboxylic acids is 1. The number of carbonyl (C=O) groups is 1. The maximum Gasteiger partial charge on any atom is 0.286 e. The monoisotopic (exact) mass is 325 g/mol. The van der Waals surface area contributed by atoms with Crippen LogP contribution >= 0.6 is 11.8 Å². The summed E-state index contributed by atoms with van der Waals surface area (Å²) in [7, 11) is 0. The lowest BCUT2D eigenvalue weighted by Crippen LogP contribution is -2.22. The van der Waals surface area contributed by atoms with Crippen LogP contribution in [0.3, 0.4) is 0 Å². The lowest BCUT2D eigenvalue weighted by molar-refractivity contribution is -0.255. The summed E-state index contributed by atoms with van der Waals surface area (Å²) in [4.78, 5) is 15.2. The smallest absolute Gasteiger partial charge is 0.286 e. The van der Waals surface area contributed by atoms with E-state index in [1.807, 2.05) is 37.3 Å². The molecule has 0 unspecified atom stereocenters. The predicted molar refractivity (Wildman–Crippen MR) is 84.8 cm³/mol.